The molecular formula is C41H58N10O7. The molecule has 17 heteroatoms. The van der Waals surface area contributed by atoms with Crippen molar-refractivity contribution in [2.45, 2.75) is 109 Å². The van der Waals surface area contributed by atoms with Crippen LogP contribution in [0.3, 0.4) is 0 Å². The van der Waals surface area contributed by atoms with E-state index in [4.69, 9.17) is 17.2 Å². The van der Waals surface area contributed by atoms with E-state index in [2.05, 4.69) is 36.6 Å². The minimum Gasteiger partial charge on any atom is -0.370 e. The summed E-state index contributed by atoms with van der Waals surface area (Å²) in [6.07, 6.45) is 3.22. The van der Waals surface area contributed by atoms with Gasteiger partial charge in [0.15, 0.2) is 0 Å². The quantitative estimate of drug-likeness (QED) is 0.0590. The van der Waals surface area contributed by atoms with E-state index < -0.39 is 77.6 Å². The lowest BCUT2D eigenvalue weighted by atomic mass is 9.99. The van der Waals surface area contributed by atoms with Gasteiger partial charge in [0.1, 0.15) is 30.2 Å². The highest BCUT2D eigenvalue weighted by Gasteiger charge is 2.34. The Hall–Kier alpha value is -6.10. The smallest absolute Gasteiger partial charge is 0.243 e. The topological polar surface area (TPSA) is 286 Å². The number of rotatable bonds is 24. The molecule has 0 fully saturated rings. The number of aromatic amines is 1. The molecule has 0 bridgehead atoms. The number of hydrogen-bond acceptors (Lipinski definition) is 9. The van der Waals surface area contributed by atoms with Gasteiger partial charge in [0.25, 0.3) is 0 Å². The fourth-order valence-corrected chi connectivity index (χ4v) is 6.16. The molecule has 3 aromatic rings. The highest BCUT2D eigenvalue weighted by atomic mass is 16.2. The van der Waals surface area contributed by atoms with E-state index >= 15 is 0 Å². The number of carbonyl (C=O) groups is 7. The van der Waals surface area contributed by atoms with Crippen LogP contribution in [0.5, 0.6) is 0 Å². The summed E-state index contributed by atoms with van der Waals surface area (Å²) < 4.78 is 0. The second kappa shape index (κ2) is 23.2. The molecule has 58 heavy (non-hydrogen) atoms. The highest BCUT2D eigenvalue weighted by Crippen LogP contribution is 2.12. The second-order valence-corrected chi connectivity index (χ2v) is 15.2. The fraction of sp³-hybridized carbons (Fsp3) is 0.463. The van der Waals surface area contributed by atoms with E-state index in [9.17, 15) is 33.6 Å². The summed E-state index contributed by atoms with van der Waals surface area (Å²) in [5.41, 5.74) is 18.7. The Morgan fingerprint density at radius 1 is 0.586 bits per heavy atom. The van der Waals surface area contributed by atoms with Crippen LogP contribution in [0.15, 0.2) is 73.2 Å². The Kier molecular flexibility index (Phi) is 18.5. The monoisotopic (exact) mass is 802 g/mol. The molecule has 2 aromatic carbocycles. The zero-order valence-corrected chi connectivity index (χ0v) is 33.5. The Balaban J connectivity index is 1.92. The second-order valence-electron chi connectivity index (χ2n) is 15.2. The van der Waals surface area contributed by atoms with Gasteiger partial charge in [0.2, 0.25) is 41.4 Å². The van der Waals surface area contributed by atoms with Crippen LogP contribution in [-0.4, -0.2) is 87.6 Å². The number of nitrogens with zero attached hydrogens (tertiary/aromatic N) is 1. The van der Waals surface area contributed by atoms with Crippen LogP contribution in [-0.2, 0) is 52.8 Å². The molecule has 3 rings (SSSR count). The molecule has 7 amide bonds. The number of nitrogens with two attached hydrogens (primary N) is 3. The predicted molar refractivity (Wildman–Crippen MR) is 217 cm³/mol. The van der Waals surface area contributed by atoms with E-state index in [0.29, 0.717) is 23.2 Å². The Morgan fingerprint density at radius 2 is 1.00 bits per heavy atom. The Labute approximate surface area is 338 Å². The standard InChI is InChI=1S/C41H58N10O7/c1-24(2)17-30(36(44)53)47-38(55)31(18-25(3)4)49-41(58)34(21-28-22-45-23-46-28)51-40(57)33(20-27-13-9-6-10-14-27)50-39(56)32(19-26-11-7-5-8-12-26)48-37(54)29(42)15-16-35(43)52/h5-14,22-25,29-34H,15-21,42H2,1-4H3,(H2,43,52)(H2,44,53)(H,45,46)(H,47,55)(H,48,54)(H,49,58)(H,50,56)(H,51,57)/t29-,30-,31-,32+,33-,34+/m0/s1. The lowest BCUT2D eigenvalue weighted by molar-refractivity contribution is -0.135. The Bertz CT molecular complexity index is 1810. The van der Waals surface area contributed by atoms with Crippen molar-refractivity contribution < 1.29 is 33.6 Å². The normalized spacial score (nSPS) is 14.3. The average Bonchev–Trinajstić information content (AvgIpc) is 3.69. The lowest BCUT2D eigenvalue weighted by Crippen LogP contribution is -2.60. The molecule has 0 unspecified atom stereocenters. The predicted octanol–water partition coefficient (Wildman–Crippen LogP) is 0.0319. The summed E-state index contributed by atoms with van der Waals surface area (Å²) in [7, 11) is 0. The third kappa shape index (κ3) is 16.2. The highest BCUT2D eigenvalue weighted by molar-refractivity contribution is 5.97. The van der Waals surface area contributed by atoms with Gasteiger partial charge in [-0.05, 0) is 42.2 Å². The van der Waals surface area contributed by atoms with E-state index in [-0.39, 0.29) is 50.4 Å². The summed E-state index contributed by atoms with van der Waals surface area (Å²) in [5, 5.41) is 13.6. The number of benzene rings is 2. The maximum atomic E-state index is 14.3. The molecule has 314 valence electrons. The molecule has 0 aliphatic heterocycles. The van der Waals surface area contributed by atoms with Crippen LogP contribution in [0.1, 0.15) is 70.2 Å². The van der Waals surface area contributed by atoms with Crippen molar-refractivity contribution in [1.82, 2.24) is 36.6 Å². The summed E-state index contributed by atoms with van der Waals surface area (Å²) >= 11 is 0. The average molecular weight is 803 g/mol. The van der Waals surface area contributed by atoms with Crippen molar-refractivity contribution >= 4 is 41.4 Å². The molecule has 6 atom stereocenters. The summed E-state index contributed by atoms with van der Waals surface area (Å²) in [4.78, 5) is 99.6. The maximum absolute atomic E-state index is 14.3. The van der Waals surface area contributed by atoms with Crippen LogP contribution in [0.25, 0.3) is 0 Å². The van der Waals surface area contributed by atoms with Gasteiger partial charge in [-0.3, -0.25) is 33.6 Å². The summed E-state index contributed by atoms with van der Waals surface area (Å²) in [6, 6.07) is 10.9. The Morgan fingerprint density at radius 3 is 1.43 bits per heavy atom. The first kappa shape index (κ1) is 46.3. The fourth-order valence-electron chi connectivity index (χ4n) is 6.16. The van der Waals surface area contributed by atoms with Crippen LogP contribution >= 0.6 is 0 Å². The minimum absolute atomic E-state index is 0.00365. The van der Waals surface area contributed by atoms with Crippen molar-refractivity contribution in [2.24, 2.45) is 29.0 Å². The van der Waals surface area contributed by atoms with Gasteiger partial charge in [-0.2, -0.15) is 0 Å². The molecule has 0 spiro atoms. The first-order chi connectivity index (χ1) is 27.5. The van der Waals surface area contributed by atoms with Gasteiger partial charge in [-0.1, -0.05) is 88.4 Å². The SMILES string of the molecule is CC(C)C[C@H](NC(=O)[C@H](CC(C)C)NC(=O)[C@@H](Cc1cnc[nH]1)NC(=O)[C@H](Cc1ccccc1)NC(=O)[C@@H](Cc1ccccc1)NC(=O)[C@@H](N)CCC(N)=O)C(N)=O. The lowest BCUT2D eigenvalue weighted by Gasteiger charge is -2.28. The van der Waals surface area contributed by atoms with E-state index in [0.717, 1.165) is 0 Å². The zero-order valence-electron chi connectivity index (χ0n) is 33.5. The van der Waals surface area contributed by atoms with Crippen molar-refractivity contribution in [3.8, 4) is 0 Å². The van der Waals surface area contributed by atoms with Gasteiger partial charge in [-0.25, -0.2) is 4.98 Å². The molecule has 0 radical (unpaired) electrons. The van der Waals surface area contributed by atoms with E-state index in [1.807, 2.05) is 27.7 Å². The number of carbonyl (C=O) groups excluding carboxylic acids is 7. The van der Waals surface area contributed by atoms with Crippen LogP contribution in [0.2, 0.25) is 0 Å². The molecule has 1 aromatic heterocycles. The largest absolute Gasteiger partial charge is 0.370 e. The number of imidazole rings is 1. The van der Waals surface area contributed by atoms with Gasteiger partial charge in [0.05, 0.1) is 12.4 Å². The number of hydrogen-bond donors (Lipinski definition) is 9. The molecule has 0 saturated carbocycles. The summed E-state index contributed by atoms with van der Waals surface area (Å²) in [6.45, 7) is 7.51. The van der Waals surface area contributed by atoms with Crippen molar-refractivity contribution in [3.05, 3.63) is 90.0 Å². The zero-order chi connectivity index (χ0) is 42.8. The first-order valence-corrected chi connectivity index (χ1v) is 19.4. The molecule has 0 aliphatic carbocycles. The van der Waals surface area contributed by atoms with Gasteiger partial charge in [0, 0.05) is 37.6 Å². The number of H-pyrrole nitrogens is 1. The van der Waals surface area contributed by atoms with Crippen molar-refractivity contribution in [1.29, 1.82) is 0 Å². The van der Waals surface area contributed by atoms with Gasteiger partial charge in [-0.15, -0.1) is 0 Å². The van der Waals surface area contributed by atoms with Gasteiger partial charge >= 0.3 is 0 Å². The maximum Gasteiger partial charge on any atom is 0.243 e. The number of aromatic nitrogens is 2. The molecule has 1 heterocycles. The number of nitrogens with one attached hydrogen (secondary N) is 6. The van der Waals surface area contributed by atoms with Crippen LogP contribution in [0, 0.1) is 11.8 Å². The van der Waals surface area contributed by atoms with E-state index in [1.165, 1.54) is 12.5 Å². The van der Waals surface area contributed by atoms with Gasteiger partial charge < -0.3 is 48.8 Å². The van der Waals surface area contributed by atoms with Crippen molar-refractivity contribution in [3.63, 3.8) is 0 Å². The van der Waals surface area contributed by atoms with Crippen molar-refractivity contribution in [2.75, 3.05) is 0 Å². The van der Waals surface area contributed by atoms with Crippen LogP contribution in [0.4, 0.5) is 0 Å². The third-order valence-electron chi connectivity index (χ3n) is 9.19. The van der Waals surface area contributed by atoms with E-state index in [1.54, 1.807) is 60.7 Å². The molecule has 12 N–H and O–H groups in total. The molecular weight excluding hydrogens is 745 g/mol. The first-order valence-electron chi connectivity index (χ1n) is 19.4. The molecule has 0 saturated heterocycles. The number of primary amides is 2. The third-order valence-corrected chi connectivity index (χ3v) is 9.19. The number of amides is 7. The molecule has 17 nitrogen and oxygen atoms in total. The summed E-state index contributed by atoms with van der Waals surface area (Å²) in [5.74, 6) is -4.77. The molecule has 0 aliphatic rings. The minimum atomic E-state index is -1.27. The van der Waals surface area contributed by atoms with Crippen LogP contribution < -0.4 is 43.8 Å².